The van der Waals surface area contributed by atoms with Crippen molar-refractivity contribution in [3.8, 4) is 27.9 Å². The van der Waals surface area contributed by atoms with Crippen LogP contribution in [-0.4, -0.2) is 4.57 Å². The van der Waals surface area contributed by atoms with Crippen LogP contribution in [0.5, 0.6) is 0 Å². The van der Waals surface area contributed by atoms with Crippen LogP contribution in [0.15, 0.2) is 200 Å². The Kier molecular flexibility index (Phi) is 6.40. The lowest BCUT2D eigenvalue weighted by molar-refractivity contribution is 1.18. The third-order valence-corrected chi connectivity index (χ3v) is 11.9. The lowest BCUT2D eigenvalue weighted by Crippen LogP contribution is -1.96. The van der Waals surface area contributed by atoms with E-state index < -0.39 is 0 Å². The number of nitrogens with zero attached hydrogens (tertiary/aromatic N) is 1. The molecule has 1 nitrogen and oxygen atoms in total. The highest BCUT2D eigenvalue weighted by atomic mass is 15.0. The third kappa shape index (κ3) is 4.48. The average molecular weight is 696 g/mol. The summed E-state index contributed by atoms with van der Waals surface area (Å²) in [5.41, 5.74) is 8.35. The van der Waals surface area contributed by atoms with Crippen molar-refractivity contribution in [2.45, 2.75) is 0 Å². The predicted molar refractivity (Wildman–Crippen MR) is 237 cm³/mol. The fourth-order valence-electron chi connectivity index (χ4n) is 9.45. The van der Waals surface area contributed by atoms with Crippen LogP contribution in [0.3, 0.4) is 0 Å². The van der Waals surface area contributed by atoms with Gasteiger partial charge in [0, 0.05) is 16.5 Å². The highest BCUT2D eigenvalue weighted by Crippen LogP contribution is 2.42. The van der Waals surface area contributed by atoms with E-state index in [0.717, 1.165) is 5.69 Å². The molecule has 1 aromatic heterocycles. The summed E-state index contributed by atoms with van der Waals surface area (Å²) in [5.74, 6) is 0. The van der Waals surface area contributed by atoms with Crippen molar-refractivity contribution in [3.63, 3.8) is 0 Å². The zero-order chi connectivity index (χ0) is 36.0. The van der Waals surface area contributed by atoms with Crippen molar-refractivity contribution < 1.29 is 0 Å². The van der Waals surface area contributed by atoms with Crippen molar-refractivity contribution in [2.24, 2.45) is 0 Å². The molecular formula is C54H33N. The molecule has 55 heavy (non-hydrogen) atoms. The molecule has 0 aliphatic carbocycles. The molecular weight excluding hydrogens is 663 g/mol. The molecule has 0 fully saturated rings. The molecule has 1 heteroatoms. The van der Waals surface area contributed by atoms with Crippen molar-refractivity contribution in [3.05, 3.63) is 200 Å². The summed E-state index contributed by atoms with van der Waals surface area (Å²) in [6, 6.07) is 74.2. The molecule has 0 saturated heterocycles. The first-order valence-electron chi connectivity index (χ1n) is 19.1. The molecule has 0 saturated carbocycles. The molecule has 0 N–H and O–H groups in total. The van der Waals surface area contributed by atoms with Gasteiger partial charge in [-0.15, -0.1) is 0 Å². The number of para-hydroxylation sites is 2. The van der Waals surface area contributed by atoms with Crippen LogP contribution in [0.25, 0.3) is 114 Å². The van der Waals surface area contributed by atoms with Gasteiger partial charge in [-0.05, 0) is 129 Å². The van der Waals surface area contributed by atoms with Crippen LogP contribution >= 0.6 is 0 Å². The van der Waals surface area contributed by atoms with Crippen LogP contribution in [0.2, 0.25) is 0 Å². The zero-order valence-electron chi connectivity index (χ0n) is 30.0. The molecule has 0 amide bonds. The van der Waals surface area contributed by atoms with E-state index in [4.69, 9.17) is 0 Å². The first-order chi connectivity index (χ1) is 27.3. The lowest BCUT2D eigenvalue weighted by atomic mass is 9.90. The molecule has 0 aliphatic rings. The molecule has 11 aromatic carbocycles. The van der Waals surface area contributed by atoms with Gasteiger partial charge in [-0.25, -0.2) is 0 Å². The van der Waals surface area contributed by atoms with Gasteiger partial charge >= 0.3 is 0 Å². The van der Waals surface area contributed by atoms with Crippen LogP contribution in [0.1, 0.15) is 0 Å². The largest absolute Gasteiger partial charge is 0.309 e. The summed E-state index contributed by atoms with van der Waals surface area (Å²) in [5, 5.41) is 18.0. The summed E-state index contributed by atoms with van der Waals surface area (Å²) < 4.78 is 2.45. The summed E-state index contributed by atoms with van der Waals surface area (Å²) in [6.45, 7) is 0. The molecule has 0 unspecified atom stereocenters. The van der Waals surface area contributed by atoms with Gasteiger partial charge < -0.3 is 4.57 Å². The fraction of sp³-hybridized carbons (Fsp3) is 0. The molecule has 0 spiro atoms. The van der Waals surface area contributed by atoms with E-state index in [2.05, 4.69) is 205 Å². The maximum Gasteiger partial charge on any atom is 0.0541 e. The Bertz CT molecular complexity index is 3250. The predicted octanol–water partition coefficient (Wildman–Crippen LogP) is 15.0. The number of benzene rings is 11. The van der Waals surface area contributed by atoms with E-state index in [-0.39, 0.29) is 0 Å². The van der Waals surface area contributed by atoms with E-state index in [1.54, 1.807) is 0 Å². The van der Waals surface area contributed by atoms with Gasteiger partial charge in [0.15, 0.2) is 0 Å². The summed E-state index contributed by atoms with van der Waals surface area (Å²) in [4.78, 5) is 0. The van der Waals surface area contributed by atoms with Gasteiger partial charge in [0.2, 0.25) is 0 Å². The van der Waals surface area contributed by atoms with Crippen LogP contribution < -0.4 is 0 Å². The van der Waals surface area contributed by atoms with E-state index >= 15 is 0 Å². The molecule has 0 aliphatic heterocycles. The number of hydrogen-bond donors (Lipinski definition) is 0. The Balaban J connectivity index is 1.16. The second-order valence-corrected chi connectivity index (χ2v) is 14.8. The van der Waals surface area contributed by atoms with Crippen molar-refractivity contribution in [1.29, 1.82) is 0 Å². The summed E-state index contributed by atoms with van der Waals surface area (Å²) in [7, 11) is 0. The Morgan fingerprint density at radius 1 is 0.200 bits per heavy atom. The van der Waals surface area contributed by atoms with E-state index in [1.165, 1.54) is 109 Å². The topological polar surface area (TPSA) is 4.93 Å². The smallest absolute Gasteiger partial charge is 0.0541 e. The second-order valence-electron chi connectivity index (χ2n) is 14.8. The number of aromatic nitrogens is 1. The van der Waals surface area contributed by atoms with Crippen LogP contribution in [-0.2, 0) is 0 Å². The van der Waals surface area contributed by atoms with Crippen LogP contribution in [0.4, 0.5) is 0 Å². The number of hydrogen-bond acceptors (Lipinski definition) is 0. The van der Waals surface area contributed by atoms with Gasteiger partial charge in [-0.2, -0.15) is 0 Å². The highest BCUT2D eigenvalue weighted by Gasteiger charge is 2.17. The Labute approximate surface area is 317 Å². The first-order valence-corrected chi connectivity index (χ1v) is 19.1. The average Bonchev–Trinajstić information content (AvgIpc) is 3.60. The van der Waals surface area contributed by atoms with Crippen molar-refractivity contribution in [1.82, 2.24) is 4.57 Å². The molecule has 0 atom stereocenters. The molecule has 0 radical (unpaired) electrons. The third-order valence-electron chi connectivity index (χ3n) is 11.9. The molecule has 1 heterocycles. The second kappa shape index (κ2) is 11.6. The van der Waals surface area contributed by atoms with E-state index in [9.17, 15) is 0 Å². The summed E-state index contributed by atoms with van der Waals surface area (Å²) in [6.07, 6.45) is 0. The number of fused-ring (bicyclic) bond motifs is 15. The fourth-order valence-corrected chi connectivity index (χ4v) is 9.45. The standard InChI is InChI=1S/C54H33N/c1-3-17-43-39(13-1)41-15-5-7-19-45(41)51-32-34(25-27-47(43)51)36-29-37(31-38(30-36)55-53-23-11-9-21-49(53)50-22-10-12-24-54(50)55)35-26-28-48-44-18-4-2-14-40(44)42-16-6-8-20-46(42)52(48)33-35/h1-33H. The molecule has 0 bridgehead atoms. The van der Waals surface area contributed by atoms with Crippen LogP contribution in [0, 0.1) is 0 Å². The van der Waals surface area contributed by atoms with E-state index in [1.807, 2.05) is 0 Å². The minimum atomic E-state index is 1.15. The Morgan fingerprint density at radius 2 is 0.491 bits per heavy atom. The molecule has 12 aromatic rings. The Morgan fingerprint density at radius 3 is 0.855 bits per heavy atom. The van der Waals surface area contributed by atoms with Gasteiger partial charge in [0.05, 0.1) is 11.0 Å². The monoisotopic (exact) mass is 695 g/mol. The van der Waals surface area contributed by atoms with Crippen molar-refractivity contribution >= 4 is 86.4 Å². The van der Waals surface area contributed by atoms with Crippen molar-refractivity contribution in [2.75, 3.05) is 0 Å². The van der Waals surface area contributed by atoms with Gasteiger partial charge in [-0.1, -0.05) is 158 Å². The minimum Gasteiger partial charge on any atom is -0.309 e. The van der Waals surface area contributed by atoms with Gasteiger partial charge in [0.1, 0.15) is 0 Å². The maximum absolute atomic E-state index is 2.45. The van der Waals surface area contributed by atoms with Gasteiger partial charge in [0.25, 0.3) is 0 Å². The first kappa shape index (κ1) is 30.3. The lowest BCUT2D eigenvalue weighted by Gasteiger charge is -2.16. The summed E-state index contributed by atoms with van der Waals surface area (Å²) >= 11 is 0. The minimum absolute atomic E-state index is 1.15. The number of rotatable bonds is 3. The zero-order valence-corrected chi connectivity index (χ0v) is 30.0. The maximum atomic E-state index is 2.45. The van der Waals surface area contributed by atoms with E-state index in [0.29, 0.717) is 0 Å². The SMILES string of the molecule is c1ccc2c(c1)c1ccccc1c1cc(-c3cc(-c4ccc5c6ccccc6c6ccccc6c5c4)cc(-n4c5ccccc5c5ccccc54)c3)ccc21. The molecule has 254 valence electrons. The normalized spacial score (nSPS) is 12.0. The van der Waals surface area contributed by atoms with Gasteiger partial charge in [-0.3, -0.25) is 0 Å². The Hall–Kier alpha value is -7.22. The molecule has 12 rings (SSSR count). The quantitative estimate of drug-likeness (QED) is 0.162. The highest BCUT2D eigenvalue weighted by molar-refractivity contribution is 6.27.